The zero-order chi connectivity index (χ0) is 14.5. The van der Waals surface area contributed by atoms with Crippen molar-refractivity contribution in [1.29, 1.82) is 0 Å². The minimum absolute atomic E-state index is 1.07. The summed E-state index contributed by atoms with van der Waals surface area (Å²) in [5.74, 6) is 1.07. The summed E-state index contributed by atoms with van der Waals surface area (Å²) >= 11 is 0. The maximum atomic E-state index is 4.31. The number of rotatable bonds is 10. The van der Waals surface area contributed by atoms with Crippen LogP contribution in [0, 0.1) is 0 Å². The highest BCUT2D eigenvalue weighted by atomic mass is 15.3. The van der Waals surface area contributed by atoms with Crippen LogP contribution in [0.2, 0.25) is 0 Å². The van der Waals surface area contributed by atoms with E-state index >= 15 is 0 Å². The van der Waals surface area contributed by atoms with Gasteiger partial charge >= 0.3 is 0 Å². The Hall–Kier alpha value is -0.730. The van der Waals surface area contributed by atoms with Crippen molar-refractivity contribution in [2.75, 3.05) is 34.7 Å². The quantitative estimate of drug-likeness (QED) is 0.339. The standard InChI is InChI=1S/C16H35N3/c1-6-7-8-9-10-11-12-13-14-15-19(5)16(17-2)18(3)4/h6-15H2,1-5H3. The normalized spacial score (nSPS) is 11.7. The molecule has 0 saturated carbocycles. The van der Waals surface area contributed by atoms with Gasteiger partial charge < -0.3 is 9.80 Å². The van der Waals surface area contributed by atoms with E-state index in [-0.39, 0.29) is 0 Å². The van der Waals surface area contributed by atoms with Gasteiger partial charge in [-0.3, -0.25) is 4.99 Å². The highest BCUT2D eigenvalue weighted by molar-refractivity contribution is 5.79. The van der Waals surface area contributed by atoms with Crippen molar-refractivity contribution < 1.29 is 0 Å². The van der Waals surface area contributed by atoms with E-state index in [9.17, 15) is 0 Å². The maximum Gasteiger partial charge on any atom is 0.195 e. The molecule has 0 N–H and O–H groups in total. The first kappa shape index (κ1) is 18.3. The first-order chi connectivity index (χ1) is 9.13. The van der Waals surface area contributed by atoms with E-state index in [0.717, 1.165) is 12.5 Å². The van der Waals surface area contributed by atoms with Crippen LogP contribution in [0.4, 0.5) is 0 Å². The van der Waals surface area contributed by atoms with Crippen molar-refractivity contribution in [2.45, 2.75) is 64.7 Å². The van der Waals surface area contributed by atoms with Crippen molar-refractivity contribution in [2.24, 2.45) is 4.99 Å². The largest absolute Gasteiger partial charge is 0.349 e. The van der Waals surface area contributed by atoms with Gasteiger partial charge in [-0.2, -0.15) is 0 Å². The van der Waals surface area contributed by atoms with Gasteiger partial charge in [0.05, 0.1) is 0 Å². The molecule has 0 aromatic carbocycles. The lowest BCUT2D eigenvalue weighted by molar-refractivity contribution is 0.406. The molecule has 0 fully saturated rings. The zero-order valence-electron chi connectivity index (χ0n) is 13.9. The average Bonchev–Trinajstić information content (AvgIpc) is 2.37. The van der Waals surface area contributed by atoms with Gasteiger partial charge in [-0.05, 0) is 6.42 Å². The van der Waals surface area contributed by atoms with Crippen LogP contribution in [0.3, 0.4) is 0 Å². The van der Waals surface area contributed by atoms with E-state index in [4.69, 9.17) is 0 Å². The molecule has 114 valence electrons. The second-order valence-corrected chi connectivity index (χ2v) is 5.67. The van der Waals surface area contributed by atoms with Gasteiger partial charge in [-0.15, -0.1) is 0 Å². The van der Waals surface area contributed by atoms with E-state index in [2.05, 4.69) is 42.9 Å². The number of nitrogens with zero attached hydrogens (tertiary/aromatic N) is 3. The van der Waals surface area contributed by atoms with E-state index < -0.39 is 0 Å². The van der Waals surface area contributed by atoms with Crippen LogP contribution in [0.25, 0.3) is 0 Å². The third-order valence-electron chi connectivity index (χ3n) is 3.54. The predicted molar refractivity (Wildman–Crippen MR) is 86.9 cm³/mol. The fourth-order valence-electron chi connectivity index (χ4n) is 2.47. The first-order valence-electron chi connectivity index (χ1n) is 7.98. The lowest BCUT2D eigenvalue weighted by Gasteiger charge is -2.26. The number of hydrogen-bond donors (Lipinski definition) is 0. The molecule has 0 aliphatic heterocycles. The SMILES string of the molecule is CCCCCCCCCCCN(C)C(=NC)N(C)C. The van der Waals surface area contributed by atoms with Crippen LogP contribution >= 0.6 is 0 Å². The Morgan fingerprint density at radius 3 is 1.68 bits per heavy atom. The molecular weight excluding hydrogens is 234 g/mol. The first-order valence-corrected chi connectivity index (χ1v) is 7.98. The van der Waals surface area contributed by atoms with Crippen molar-refractivity contribution >= 4 is 5.96 Å². The molecule has 0 heterocycles. The molecule has 0 bridgehead atoms. The molecular formula is C16H35N3. The average molecular weight is 269 g/mol. The van der Waals surface area contributed by atoms with E-state index in [1.165, 1.54) is 57.8 Å². The van der Waals surface area contributed by atoms with E-state index in [0.29, 0.717) is 0 Å². The third kappa shape index (κ3) is 9.80. The Labute approximate surface area is 121 Å². The molecule has 19 heavy (non-hydrogen) atoms. The topological polar surface area (TPSA) is 18.8 Å². The monoisotopic (exact) mass is 269 g/mol. The lowest BCUT2D eigenvalue weighted by Crippen LogP contribution is -2.38. The Bertz CT molecular complexity index is 224. The fraction of sp³-hybridized carbons (Fsp3) is 0.938. The molecule has 0 rings (SSSR count). The number of guanidine groups is 1. The molecule has 3 heteroatoms. The molecule has 0 spiro atoms. The molecule has 0 saturated heterocycles. The van der Waals surface area contributed by atoms with Crippen molar-refractivity contribution in [3.05, 3.63) is 0 Å². The number of unbranched alkanes of at least 4 members (excludes halogenated alkanes) is 8. The van der Waals surface area contributed by atoms with Gasteiger partial charge in [-0.25, -0.2) is 0 Å². The summed E-state index contributed by atoms with van der Waals surface area (Å²) in [7, 11) is 8.10. The van der Waals surface area contributed by atoms with Crippen molar-refractivity contribution in [3.8, 4) is 0 Å². The van der Waals surface area contributed by atoms with Crippen LogP contribution in [0.5, 0.6) is 0 Å². The van der Waals surface area contributed by atoms with Gasteiger partial charge in [0, 0.05) is 34.7 Å². The lowest BCUT2D eigenvalue weighted by atomic mass is 10.1. The van der Waals surface area contributed by atoms with Crippen molar-refractivity contribution in [3.63, 3.8) is 0 Å². The summed E-state index contributed by atoms with van der Waals surface area (Å²) in [5.41, 5.74) is 0. The summed E-state index contributed by atoms with van der Waals surface area (Å²) in [4.78, 5) is 8.64. The molecule has 0 aromatic rings. The minimum atomic E-state index is 1.07. The van der Waals surface area contributed by atoms with Crippen molar-refractivity contribution in [1.82, 2.24) is 9.80 Å². The van der Waals surface area contributed by atoms with Crippen LogP contribution in [-0.4, -0.2) is 50.5 Å². The Morgan fingerprint density at radius 2 is 1.26 bits per heavy atom. The van der Waals surface area contributed by atoms with E-state index in [1.807, 2.05) is 7.05 Å². The van der Waals surface area contributed by atoms with Crippen LogP contribution in [0.15, 0.2) is 4.99 Å². The fourth-order valence-corrected chi connectivity index (χ4v) is 2.47. The molecule has 0 amide bonds. The smallest absolute Gasteiger partial charge is 0.195 e. The number of aliphatic imine (C=N–C) groups is 1. The predicted octanol–water partition coefficient (Wildman–Crippen LogP) is 4.00. The summed E-state index contributed by atoms with van der Waals surface area (Å²) in [6.45, 7) is 3.39. The zero-order valence-corrected chi connectivity index (χ0v) is 13.9. The minimum Gasteiger partial charge on any atom is -0.349 e. The Balaban J connectivity index is 3.44. The van der Waals surface area contributed by atoms with Gasteiger partial charge in [0.2, 0.25) is 0 Å². The van der Waals surface area contributed by atoms with Gasteiger partial charge in [-0.1, -0.05) is 58.3 Å². The maximum absolute atomic E-state index is 4.31. The van der Waals surface area contributed by atoms with Crippen LogP contribution in [-0.2, 0) is 0 Å². The van der Waals surface area contributed by atoms with Crippen LogP contribution in [0.1, 0.15) is 64.7 Å². The van der Waals surface area contributed by atoms with Crippen LogP contribution < -0.4 is 0 Å². The molecule has 3 nitrogen and oxygen atoms in total. The molecule has 0 aromatic heterocycles. The van der Waals surface area contributed by atoms with Gasteiger partial charge in [0.15, 0.2) is 5.96 Å². The molecule has 0 aliphatic carbocycles. The molecule has 0 atom stereocenters. The second-order valence-electron chi connectivity index (χ2n) is 5.67. The summed E-state index contributed by atoms with van der Waals surface area (Å²) in [5, 5.41) is 0. The molecule has 0 radical (unpaired) electrons. The summed E-state index contributed by atoms with van der Waals surface area (Å²) in [6.07, 6.45) is 12.5. The second kappa shape index (κ2) is 12.3. The summed E-state index contributed by atoms with van der Waals surface area (Å²) in [6, 6.07) is 0. The molecule has 0 unspecified atom stereocenters. The highest BCUT2D eigenvalue weighted by Crippen LogP contribution is 2.09. The number of hydrogen-bond acceptors (Lipinski definition) is 1. The Morgan fingerprint density at radius 1 is 0.789 bits per heavy atom. The van der Waals surface area contributed by atoms with E-state index in [1.54, 1.807) is 0 Å². The Kier molecular flexibility index (Phi) is 11.8. The third-order valence-corrected chi connectivity index (χ3v) is 3.54. The highest BCUT2D eigenvalue weighted by Gasteiger charge is 2.06. The molecule has 0 aliphatic rings. The summed E-state index contributed by atoms with van der Waals surface area (Å²) < 4.78 is 0. The van der Waals surface area contributed by atoms with Gasteiger partial charge in [0.25, 0.3) is 0 Å². The van der Waals surface area contributed by atoms with Gasteiger partial charge in [0.1, 0.15) is 0 Å².